The summed E-state index contributed by atoms with van der Waals surface area (Å²) in [5, 5.41) is 20.2. The van der Waals surface area contributed by atoms with E-state index in [1.807, 2.05) is 30.5 Å². The van der Waals surface area contributed by atoms with E-state index < -0.39 is 0 Å². The molecule has 1 fully saturated rings. The van der Waals surface area contributed by atoms with Gasteiger partial charge >= 0.3 is 0 Å². The Kier molecular flexibility index (Phi) is 7.24. The number of benzene rings is 3. The lowest BCUT2D eigenvalue weighted by molar-refractivity contribution is 0.474. The molecular formula is C39H35N5. The van der Waals surface area contributed by atoms with E-state index in [-0.39, 0.29) is 0 Å². The number of allylic oxidation sites excluding steroid dienone is 2. The largest absolute Gasteiger partial charge is 0.323 e. The van der Waals surface area contributed by atoms with Crippen molar-refractivity contribution in [2.24, 2.45) is 10.9 Å². The Balaban J connectivity index is 1.32. The van der Waals surface area contributed by atoms with Crippen LogP contribution in [0.25, 0.3) is 33.8 Å². The molecule has 216 valence electrons. The van der Waals surface area contributed by atoms with Crippen molar-refractivity contribution in [2.45, 2.75) is 57.9 Å². The molecule has 2 unspecified atom stereocenters. The van der Waals surface area contributed by atoms with Crippen LogP contribution >= 0.6 is 0 Å². The minimum atomic E-state index is 0.429. The van der Waals surface area contributed by atoms with Crippen LogP contribution in [0.15, 0.2) is 101 Å². The van der Waals surface area contributed by atoms with Crippen LogP contribution in [0.2, 0.25) is 0 Å². The monoisotopic (exact) mass is 573 g/mol. The second kappa shape index (κ2) is 11.5. The SMILES string of the molecule is C=C/C=N\C1=C(C)C2CCCCCC2N1c1cccc(-c2cccc(-n3c4c(c5cc(C#N)ccc53)C=C(C#N)CC4)c2)c1. The van der Waals surface area contributed by atoms with Gasteiger partial charge in [-0.05, 0) is 97.8 Å². The molecule has 0 bridgehead atoms. The number of anilines is 1. The molecule has 0 spiro atoms. The number of aliphatic imine (C=N–C) groups is 1. The van der Waals surface area contributed by atoms with E-state index in [0.29, 0.717) is 23.9 Å². The molecule has 3 aliphatic rings. The summed E-state index contributed by atoms with van der Waals surface area (Å²) in [6, 6.07) is 28.5. The Bertz CT molecular complexity index is 1970. The minimum absolute atomic E-state index is 0.429. The fraction of sp³-hybridized carbons (Fsp3) is 0.256. The third-order valence-electron chi connectivity index (χ3n) is 9.64. The molecule has 44 heavy (non-hydrogen) atoms. The normalized spacial score (nSPS) is 19.7. The number of nitrogens with zero attached hydrogens (tertiary/aromatic N) is 5. The molecular weight excluding hydrogens is 538 g/mol. The number of hydrogen-bond donors (Lipinski definition) is 0. The molecule has 1 aromatic heterocycles. The first-order valence-electron chi connectivity index (χ1n) is 15.7. The van der Waals surface area contributed by atoms with Crippen LogP contribution < -0.4 is 4.90 Å². The smallest absolute Gasteiger partial charge is 0.132 e. The number of aromatic nitrogens is 1. The van der Waals surface area contributed by atoms with E-state index in [0.717, 1.165) is 51.1 Å². The fourth-order valence-electron chi connectivity index (χ4n) is 7.60. The van der Waals surface area contributed by atoms with Crippen molar-refractivity contribution >= 4 is 28.9 Å². The van der Waals surface area contributed by atoms with Crippen LogP contribution in [0.4, 0.5) is 5.69 Å². The standard InChI is InChI=1S/C39H35N5/c1-3-19-42-39-26(2)33-13-5-4-6-14-36(33)44(39)32-12-8-10-30(23-32)29-9-7-11-31(22-29)43-37-17-15-27(24-40)20-34(37)35-21-28(25-41)16-18-38(35)43/h3,7-12,15,17,19-23,33,36H,1,4-6,13-14,16,18H2,2H3/b42-19-. The fourth-order valence-corrected chi connectivity index (χ4v) is 7.60. The van der Waals surface area contributed by atoms with E-state index in [9.17, 15) is 10.5 Å². The molecule has 3 aromatic carbocycles. The van der Waals surface area contributed by atoms with Gasteiger partial charge in [0.15, 0.2) is 0 Å². The van der Waals surface area contributed by atoms with E-state index in [1.165, 1.54) is 49.1 Å². The summed E-state index contributed by atoms with van der Waals surface area (Å²) >= 11 is 0. The van der Waals surface area contributed by atoms with E-state index in [4.69, 9.17) is 4.99 Å². The second-order valence-corrected chi connectivity index (χ2v) is 12.1. The molecule has 2 aliphatic carbocycles. The average molecular weight is 574 g/mol. The van der Waals surface area contributed by atoms with Crippen molar-refractivity contribution in [2.75, 3.05) is 4.90 Å². The molecule has 7 rings (SSSR count). The van der Waals surface area contributed by atoms with Crippen LogP contribution in [-0.2, 0) is 6.42 Å². The van der Waals surface area contributed by atoms with Gasteiger partial charge in [0.2, 0.25) is 0 Å². The van der Waals surface area contributed by atoms with Gasteiger partial charge in [0.1, 0.15) is 5.82 Å². The van der Waals surface area contributed by atoms with Gasteiger partial charge < -0.3 is 9.47 Å². The van der Waals surface area contributed by atoms with Gasteiger partial charge in [-0.3, -0.25) is 0 Å². The zero-order valence-electron chi connectivity index (χ0n) is 25.1. The molecule has 2 heterocycles. The summed E-state index contributed by atoms with van der Waals surface area (Å²) < 4.78 is 2.31. The molecule has 5 heteroatoms. The zero-order chi connectivity index (χ0) is 30.2. The van der Waals surface area contributed by atoms with Crippen molar-refractivity contribution in [3.63, 3.8) is 0 Å². The molecule has 0 N–H and O–H groups in total. The Labute approximate surface area is 259 Å². The zero-order valence-corrected chi connectivity index (χ0v) is 25.1. The lowest BCUT2D eigenvalue weighted by atomic mass is 9.91. The third kappa shape index (κ3) is 4.66. The molecule has 0 amide bonds. The van der Waals surface area contributed by atoms with Crippen molar-refractivity contribution in [3.05, 3.63) is 113 Å². The maximum Gasteiger partial charge on any atom is 0.132 e. The van der Waals surface area contributed by atoms with Crippen molar-refractivity contribution in [1.29, 1.82) is 10.5 Å². The van der Waals surface area contributed by atoms with Crippen LogP contribution in [0, 0.1) is 28.6 Å². The molecule has 1 saturated carbocycles. The molecule has 2 atom stereocenters. The molecule has 4 aromatic rings. The minimum Gasteiger partial charge on any atom is -0.323 e. The highest BCUT2D eigenvalue weighted by Crippen LogP contribution is 2.45. The van der Waals surface area contributed by atoms with Crippen LogP contribution in [0.1, 0.15) is 62.3 Å². The summed E-state index contributed by atoms with van der Waals surface area (Å²) in [7, 11) is 0. The third-order valence-corrected chi connectivity index (χ3v) is 9.64. The molecule has 5 nitrogen and oxygen atoms in total. The van der Waals surface area contributed by atoms with Crippen molar-refractivity contribution < 1.29 is 0 Å². The van der Waals surface area contributed by atoms with Gasteiger partial charge in [-0.2, -0.15) is 10.5 Å². The second-order valence-electron chi connectivity index (χ2n) is 12.1. The van der Waals surface area contributed by atoms with Gasteiger partial charge in [-0.1, -0.05) is 56.2 Å². The molecule has 0 radical (unpaired) electrons. The van der Waals surface area contributed by atoms with Gasteiger partial charge in [0, 0.05) is 51.8 Å². The summed E-state index contributed by atoms with van der Waals surface area (Å²) in [6.07, 6.45) is 13.3. The maximum absolute atomic E-state index is 9.63. The number of hydrogen-bond acceptors (Lipinski definition) is 4. The Morgan fingerprint density at radius 2 is 1.66 bits per heavy atom. The highest BCUT2D eigenvalue weighted by molar-refractivity contribution is 5.95. The predicted octanol–water partition coefficient (Wildman–Crippen LogP) is 9.28. The number of nitriles is 2. The molecule has 0 saturated heterocycles. The van der Waals surface area contributed by atoms with Gasteiger partial charge in [-0.25, -0.2) is 4.99 Å². The van der Waals surface area contributed by atoms with Gasteiger partial charge in [-0.15, -0.1) is 0 Å². The van der Waals surface area contributed by atoms with Crippen LogP contribution in [0.5, 0.6) is 0 Å². The van der Waals surface area contributed by atoms with Gasteiger partial charge in [0.25, 0.3) is 0 Å². The first-order chi connectivity index (χ1) is 21.6. The van der Waals surface area contributed by atoms with E-state index in [2.05, 4.69) is 83.6 Å². The number of fused-ring (bicyclic) bond motifs is 4. The summed E-state index contributed by atoms with van der Waals surface area (Å²) in [6.45, 7) is 6.14. The average Bonchev–Trinajstić information content (AvgIpc) is 3.39. The van der Waals surface area contributed by atoms with Crippen LogP contribution in [-0.4, -0.2) is 16.8 Å². The van der Waals surface area contributed by atoms with E-state index >= 15 is 0 Å². The first-order valence-corrected chi connectivity index (χ1v) is 15.7. The summed E-state index contributed by atoms with van der Waals surface area (Å²) in [4.78, 5) is 7.38. The topological polar surface area (TPSA) is 68.1 Å². The van der Waals surface area contributed by atoms with Crippen molar-refractivity contribution in [3.8, 4) is 29.0 Å². The lowest BCUT2D eigenvalue weighted by Gasteiger charge is -2.31. The van der Waals surface area contributed by atoms with Gasteiger partial charge in [0.05, 0.1) is 23.2 Å². The summed E-state index contributed by atoms with van der Waals surface area (Å²) in [5.74, 6) is 1.60. The molecule has 1 aliphatic heterocycles. The Hall–Kier alpha value is -5.13. The quantitative estimate of drug-likeness (QED) is 0.223. The first kappa shape index (κ1) is 27.7. The highest BCUT2D eigenvalue weighted by atomic mass is 15.3. The van der Waals surface area contributed by atoms with Crippen LogP contribution in [0.3, 0.4) is 0 Å². The van der Waals surface area contributed by atoms with Crippen molar-refractivity contribution in [1.82, 2.24) is 4.57 Å². The lowest BCUT2D eigenvalue weighted by Crippen LogP contribution is -2.33. The van der Waals surface area contributed by atoms with E-state index in [1.54, 1.807) is 6.08 Å². The highest BCUT2D eigenvalue weighted by Gasteiger charge is 2.39. The number of rotatable bonds is 5. The predicted molar refractivity (Wildman–Crippen MR) is 180 cm³/mol. The Morgan fingerprint density at radius 1 is 0.886 bits per heavy atom. The summed E-state index contributed by atoms with van der Waals surface area (Å²) in [5.41, 5.74) is 10.6. The maximum atomic E-state index is 9.63. The Morgan fingerprint density at radius 3 is 2.43 bits per heavy atom.